The van der Waals surface area contributed by atoms with Crippen LogP contribution < -0.4 is 10.0 Å². The number of pyridine rings is 1. The Balaban J connectivity index is 1.84. The number of benzene rings is 1. The Kier molecular flexibility index (Phi) is 4.74. The van der Waals surface area contributed by atoms with Gasteiger partial charge in [-0.1, -0.05) is 49.3 Å². The van der Waals surface area contributed by atoms with Crippen molar-refractivity contribution in [2.24, 2.45) is 5.92 Å². The van der Waals surface area contributed by atoms with Crippen LogP contribution in [-0.4, -0.2) is 16.0 Å². The summed E-state index contributed by atoms with van der Waals surface area (Å²) >= 11 is 0. The Hall–Kier alpha value is -3.22. The number of carbonyl (C=O) groups is 1. The molecular weight excluding hydrogens is 320 g/mol. The molecule has 0 spiro atoms. The molecule has 7 heteroatoms. The van der Waals surface area contributed by atoms with Gasteiger partial charge in [0.2, 0.25) is 11.7 Å². The largest absolute Gasteiger partial charge is 0.618 e. The zero-order valence-corrected chi connectivity index (χ0v) is 13.9. The van der Waals surface area contributed by atoms with Crippen molar-refractivity contribution in [3.63, 3.8) is 0 Å². The molecule has 1 aromatic carbocycles. The first-order valence-electron chi connectivity index (χ1n) is 7.94. The van der Waals surface area contributed by atoms with Crippen molar-refractivity contribution in [2.45, 2.75) is 19.9 Å². The van der Waals surface area contributed by atoms with Crippen LogP contribution in [0.5, 0.6) is 0 Å². The maximum atomic E-state index is 12.4. The topological polar surface area (TPSA) is 95.0 Å². The number of hydrogen-bond donors (Lipinski definition) is 1. The van der Waals surface area contributed by atoms with E-state index in [1.54, 1.807) is 12.1 Å². The molecule has 2 aromatic heterocycles. The van der Waals surface area contributed by atoms with Crippen molar-refractivity contribution in [1.29, 1.82) is 0 Å². The van der Waals surface area contributed by atoms with Crippen molar-refractivity contribution in [1.82, 2.24) is 15.5 Å². The van der Waals surface area contributed by atoms with E-state index >= 15 is 0 Å². The molecule has 0 aliphatic heterocycles. The summed E-state index contributed by atoms with van der Waals surface area (Å²) in [4.78, 5) is 16.8. The first-order valence-corrected chi connectivity index (χ1v) is 7.94. The highest BCUT2D eigenvalue weighted by molar-refractivity contribution is 5.91. The van der Waals surface area contributed by atoms with E-state index in [0.717, 1.165) is 5.56 Å². The van der Waals surface area contributed by atoms with Gasteiger partial charge >= 0.3 is 5.91 Å². The molecule has 0 unspecified atom stereocenters. The third kappa shape index (κ3) is 3.65. The lowest BCUT2D eigenvalue weighted by atomic mass is 10.0. The minimum Gasteiger partial charge on any atom is -0.618 e. The van der Waals surface area contributed by atoms with Crippen LogP contribution in [0.1, 0.15) is 36.3 Å². The normalized spacial score (nSPS) is 12.1. The van der Waals surface area contributed by atoms with Crippen molar-refractivity contribution >= 4 is 5.91 Å². The molecule has 3 rings (SSSR count). The second kappa shape index (κ2) is 7.12. The predicted octanol–water partition coefficient (Wildman–Crippen LogP) is 2.50. The summed E-state index contributed by atoms with van der Waals surface area (Å²) in [5, 5.41) is 18.5. The van der Waals surface area contributed by atoms with Gasteiger partial charge in [0.15, 0.2) is 6.20 Å². The Bertz CT molecular complexity index is 862. The van der Waals surface area contributed by atoms with Gasteiger partial charge in [-0.3, -0.25) is 4.79 Å². The highest BCUT2D eigenvalue weighted by atomic mass is 16.5. The summed E-state index contributed by atoms with van der Waals surface area (Å²) in [6, 6.07) is 13.6. The number of carbonyl (C=O) groups excluding carboxylic acids is 1. The molecule has 1 N–H and O–H groups in total. The number of aromatic nitrogens is 3. The molecule has 0 bridgehead atoms. The second-order valence-electron chi connectivity index (χ2n) is 5.93. The molecule has 7 nitrogen and oxygen atoms in total. The van der Waals surface area contributed by atoms with E-state index in [9.17, 15) is 10.0 Å². The quantitative estimate of drug-likeness (QED) is 0.570. The fourth-order valence-corrected chi connectivity index (χ4v) is 2.40. The fraction of sp³-hybridized carbons (Fsp3) is 0.222. The van der Waals surface area contributed by atoms with Crippen molar-refractivity contribution in [3.05, 3.63) is 71.5 Å². The van der Waals surface area contributed by atoms with E-state index in [1.807, 2.05) is 44.2 Å². The highest BCUT2D eigenvalue weighted by Gasteiger charge is 2.27. The number of hydrogen-bond acceptors (Lipinski definition) is 5. The highest BCUT2D eigenvalue weighted by Crippen LogP contribution is 2.23. The van der Waals surface area contributed by atoms with Crippen LogP contribution >= 0.6 is 0 Å². The molecule has 1 amide bonds. The SMILES string of the molecule is CC(C)[C@H](NC(=O)c1cccc[n+]1[O-])c1nc(-c2ccccc2)no1. The average Bonchev–Trinajstić information content (AvgIpc) is 3.10. The van der Waals surface area contributed by atoms with Gasteiger partial charge in [0.05, 0.1) is 0 Å². The molecule has 2 heterocycles. The van der Waals surface area contributed by atoms with Crippen molar-refractivity contribution < 1.29 is 14.0 Å². The Morgan fingerprint density at radius 2 is 1.88 bits per heavy atom. The maximum Gasteiger partial charge on any atom is 0.318 e. The first-order chi connectivity index (χ1) is 12.1. The van der Waals surface area contributed by atoms with Crippen LogP contribution in [0.2, 0.25) is 0 Å². The lowest BCUT2D eigenvalue weighted by Crippen LogP contribution is -2.41. The minimum absolute atomic E-state index is 0.00293. The van der Waals surface area contributed by atoms with E-state index in [1.165, 1.54) is 12.3 Å². The molecule has 0 aliphatic rings. The third-order valence-electron chi connectivity index (χ3n) is 3.75. The summed E-state index contributed by atoms with van der Waals surface area (Å²) in [5.74, 6) is 0.260. The van der Waals surface area contributed by atoms with Crippen molar-refractivity contribution in [3.8, 4) is 11.4 Å². The van der Waals surface area contributed by atoms with Gasteiger partial charge in [0.1, 0.15) is 6.04 Å². The summed E-state index contributed by atoms with van der Waals surface area (Å²) in [6.07, 6.45) is 1.28. The zero-order valence-electron chi connectivity index (χ0n) is 13.9. The number of nitrogens with zero attached hydrogens (tertiary/aromatic N) is 3. The molecule has 128 valence electrons. The maximum absolute atomic E-state index is 12.4. The zero-order chi connectivity index (χ0) is 17.8. The van der Waals surface area contributed by atoms with E-state index in [-0.39, 0.29) is 11.6 Å². The van der Waals surface area contributed by atoms with Crippen molar-refractivity contribution in [2.75, 3.05) is 0 Å². The van der Waals surface area contributed by atoms with Gasteiger partial charge in [-0.05, 0) is 12.0 Å². The summed E-state index contributed by atoms with van der Waals surface area (Å²) in [7, 11) is 0. The molecule has 0 saturated carbocycles. The van der Waals surface area contributed by atoms with E-state index in [2.05, 4.69) is 15.5 Å². The molecule has 0 aliphatic carbocycles. The summed E-state index contributed by atoms with van der Waals surface area (Å²) in [6.45, 7) is 3.85. The molecule has 3 aromatic rings. The van der Waals surface area contributed by atoms with E-state index < -0.39 is 11.9 Å². The lowest BCUT2D eigenvalue weighted by molar-refractivity contribution is -0.607. The lowest BCUT2D eigenvalue weighted by Gasteiger charge is -2.17. The van der Waals surface area contributed by atoms with E-state index in [0.29, 0.717) is 16.4 Å². The smallest absolute Gasteiger partial charge is 0.318 e. The van der Waals surface area contributed by atoms with Crippen LogP contribution in [0, 0.1) is 11.1 Å². The summed E-state index contributed by atoms with van der Waals surface area (Å²) < 4.78 is 5.87. The average molecular weight is 338 g/mol. The number of nitrogens with one attached hydrogen (secondary N) is 1. The number of rotatable bonds is 5. The van der Waals surface area contributed by atoms with Gasteiger partial charge in [0.25, 0.3) is 5.69 Å². The Morgan fingerprint density at radius 1 is 1.16 bits per heavy atom. The van der Waals surface area contributed by atoms with Gasteiger partial charge < -0.3 is 15.0 Å². The van der Waals surface area contributed by atoms with Gasteiger partial charge in [0, 0.05) is 17.7 Å². The number of amides is 1. The molecule has 0 fully saturated rings. The molecule has 25 heavy (non-hydrogen) atoms. The van der Waals surface area contributed by atoms with Gasteiger partial charge in [-0.15, -0.1) is 0 Å². The van der Waals surface area contributed by atoms with Gasteiger partial charge in [-0.25, -0.2) is 0 Å². The molecular formula is C18H18N4O3. The van der Waals surface area contributed by atoms with Gasteiger partial charge in [-0.2, -0.15) is 9.71 Å². The standard InChI is InChI=1S/C18H18N4O3/c1-12(2)15(19-17(23)14-10-6-7-11-22(14)24)18-20-16(21-25-18)13-8-4-3-5-9-13/h3-12,15H,1-2H3,(H,19,23)/t15-/m0/s1. The second-order valence-corrected chi connectivity index (χ2v) is 5.93. The molecule has 0 radical (unpaired) electrons. The third-order valence-corrected chi connectivity index (χ3v) is 3.75. The van der Waals surface area contributed by atoms with Crippen LogP contribution in [0.4, 0.5) is 0 Å². The minimum atomic E-state index is -0.502. The van der Waals surface area contributed by atoms with Crippen LogP contribution in [0.25, 0.3) is 11.4 Å². The summed E-state index contributed by atoms with van der Waals surface area (Å²) in [5.41, 5.74) is 0.836. The van der Waals surface area contributed by atoms with Crippen LogP contribution in [-0.2, 0) is 0 Å². The molecule has 1 atom stereocenters. The fourth-order valence-electron chi connectivity index (χ4n) is 2.40. The van der Waals surface area contributed by atoms with Crippen LogP contribution in [0.3, 0.4) is 0 Å². The molecule has 0 saturated heterocycles. The predicted molar refractivity (Wildman–Crippen MR) is 90.2 cm³/mol. The Morgan fingerprint density at radius 3 is 2.56 bits per heavy atom. The monoisotopic (exact) mass is 338 g/mol. The van der Waals surface area contributed by atoms with E-state index in [4.69, 9.17) is 4.52 Å². The Labute approximate surface area is 144 Å². The first kappa shape index (κ1) is 16.6. The van der Waals surface area contributed by atoms with Crippen LogP contribution in [0.15, 0.2) is 59.3 Å².